The van der Waals surface area contributed by atoms with Gasteiger partial charge in [0.05, 0.1) is 6.10 Å². The summed E-state index contributed by atoms with van der Waals surface area (Å²) < 4.78 is 0. The van der Waals surface area contributed by atoms with Crippen LogP contribution in [0.5, 0.6) is 0 Å². The van der Waals surface area contributed by atoms with E-state index in [1.165, 1.54) is 11.3 Å². The molecule has 0 bridgehead atoms. The first kappa shape index (κ1) is 12.4. The number of nitrogens with one attached hydrogen (secondary N) is 1. The van der Waals surface area contributed by atoms with Crippen LogP contribution >= 0.6 is 0 Å². The fraction of sp³-hybridized carbons (Fsp3) is 0.571. The Labute approximate surface area is 103 Å². The first-order valence-electron chi connectivity index (χ1n) is 6.36. The fourth-order valence-corrected chi connectivity index (χ4v) is 2.63. The van der Waals surface area contributed by atoms with Gasteiger partial charge in [0.1, 0.15) is 0 Å². The molecule has 17 heavy (non-hydrogen) atoms. The average molecular weight is 234 g/mol. The van der Waals surface area contributed by atoms with E-state index in [-0.39, 0.29) is 6.10 Å². The van der Waals surface area contributed by atoms with Crippen molar-refractivity contribution in [3.05, 3.63) is 29.8 Å². The van der Waals surface area contributed by atoms with Gasteiger partial charge < -0.3 is 15.3 Å². The summed E-state index contributed by atoms with van der Waals surface area (Å²) in [6, 6.07) is 8.53. The molecule has 1 aliphatic heterocycles. The maximum Gasteiger partial charge on any atom is 0.0839 e. The van der Waals surface area contributed by atoms with Crippen LogP contribution in [0, 0.1) is 5.92 Å². The zero-order valence-corrected chi connectivity index (χ0v) is 10.7. The number of hydrogen-bond donors (Lipinski definition) is 2. The second kappa shape index (κ2) is 5.52. The third-order valence-electron chi connectivity index (χ3n) is 3.30. The Morgan fingerprint density at radius 2 is 2.24 bits per heavy atom. The highest BCUT2D eigenvalue weighted by Gasteiger charge is 2.22. The number of likely N-dealkylation sites (N-methyl/N-ethyl adjacent to an activating group) is 1. The van der Waals surface area contributed by atoms with E-state index < -0.39 is 0 Å². The molecule has 1 aliphatic rings. The van der Waals surface area contributed by atoms with Crippen LogP contribution in [0.4, 0.5) is 5.69 Å². The highest BCUT2D eigenvalue weighted by atomic mass is 16.3. The Morgan fingerprint density at radius 3 is 3.00 bits per heavy atom. The molecule has 0 amide bonds. The van der Waals surface area contributed by atoms with Gasteiger partial charge in [0.25, 0.3) is 0 Å². The molecule has 0 aliphatic carbocycles. The van der Waals surface area contributed by atoms with Crippen LogP contribution in [0.2, 0.25) is 0 Å². The fourth-order valence-electron chi connectivity index (χ4n) is 2.63. The standard InChI is InChI=1S/C14H22N2O/c1-11-7-12-5-3-4-6-14(12)16(9-11)10-13(17)8-15-2/h3-6,11,13,15,17H,7-10H2,1-2H3. The second-order valence-electron chi connectivity index (χ2n) is 5.05. The lowest BCUT2D eigenvalue weighted by molar-refractivity contribution is 0.177. The van der Waals surface area contributed by atoms with Crippen molar-refractivity contribution in [3.63, 3.8) is 0 Å². The van der Waals surface area contributed by atoms with E-state index in [2.05, 4.69) is 41.4 Å². The number of aliphatic hydroxyl groups is 1. The van der Waals surface area contributed by atoms with Crippen LogP contribution < -0.4 is 10.2 Å². The molecular weight excluding hydrogens is 212 g/mol. The van der Waals surface area contributed by atoms with Crippen molar-refractivity contribution in [1.82, 2.24) is 5.32 Å². The molecule has 0 spiro atoms. The number of aliphatic hydroxyl groups excluding tert-OH is 1. The van der Waals surface area contributed by atoms with Crippen LogP contribution in [0.25, 0.3) is 0 Å². The van der Waals surface area contributed by atoms with Crippen LogP contribution in [-0.2, 0) is 6.42 Å². The summed E-state index contributed by atoms with van der Waals surface area (Å²) in [5.74, 6) is 0.659. The van der Waals surface area contributed by atoms with E-state index >= 15 is 0 Å². The Balaban J connectivity index is 2.12. The van der Waals surface area contributed by atoms with Crippen molar-refractivity contribution in [3.8, 4) is 0 Å². The number of β-amino-alcohol motifs (C(OH)–C–C–N with tert-alkyl or cyclic N) is 1. The van der Waals surface area contributed by atoms with Gasteiger partial charge in [0, 0.05) is 25.3 Å². The van der Waals surface area contributed by atoms with E-state index in [9.17, 15) is 5.11 Å². The third-order valence-corrected chi connectivity index (χ3v) is 3.30. The highest BCUT2D eigenvalue weighted by molar-refractivity contribution is 5.55. The Bertz CT molecular complexity index is 367. The molecule has 0 aromatic heterocycles. The van der Waals surface area contributed by atoms with Crippen LogP contribution in [-0.4, -0.2) is 37.9 Å². The van der Waals surface area contributed by atoms with Crippen LogP contribution in [0.3, 0.4) is 0 Å². The number of rotatable bonds is 4. The van der Waals surface area contributed by atoms with Crippen molar-refractivity contribution < 1.29 is 5.11 Å². The number of fused-ring (bicyclic) bond motifs is 1. The van der Waals surface area contributed by atoms with Crippen molar-refractivity contribution >= 4 is 5.69 Å². The third kappa shape index (κ3) is 2.99. The Hall–Kier alpha value is -1.06. The summed E-state index contributed by atoms with van der Waals surface area (Å²) in [4.78, 5) is 2.31. The maximum absolute atomic E-state index is 9.91. The number of para-hydroxylation sites is 1. The number of hydrogen-bond acceptors (Lipinski definition) is 3. The summed E-state index contributed by atoms with van der Waals surface area (Å²) >= 11 is 0. The van der Waals surface area contributed by atoms with E-state index in [4.69, 9.17) is 0 Å². The molecular formula is C14H22N2O. The molecule has 1 aromatic rings. The predicted molar refractivity (Wildman–Crippen MR) is 71.5 cm³/mol. The minimum absolute atomic E-state index is 0.307. The second-order valence-corrected chi connectivity index (χ2v) is 5.05. The zero-order chi connectivity index (χ0) is 12.3. The minimum atomic E-state index is -0.307. The molecule has 1 heterocycles. The largest absolute Gasteiger partial charge is 0.390 e. The average Bonchev–Trinajstić information content (AvgIpc) is 2.29. The highest BCUT2D eigenvalue weighted by Crippen LogP contribution is 2.29. The quantitative estimate of drug-likeness (QED) is 0.823. The molecule has 1 aromatic carbocycles. The molecule has 0 saturated carbocycles. The first-order chi connectivity index (χ1) is 8.20. The maximum atomic E-state index is 9.91. The van der Waals surface area contributed by atoms with Gasteiger partial charge in [-0.2, -0.15) is 0 Å². The van der Waals surface area contributed by atoms with Gasteiger partial charge in [-0.15, -0.1) is 0 Å². The summed E-state index contributed by atoms with van der Waals surface area (Å²) in [5, 5.41) is 12.9. The molecule has 0 saturated heterocycles. The zero-order valence-electron chi connectivity index (χ0n) is 10.7. The molecule has 2 unspecified atom stereocenters. The molecule has 3 heteroatoms. The van der Waals surface area contributed by atoms with E-state index in [0.717, 1.165) is 13.0 Å². The summed E-state index contributed by atoms with van der Waals surface area (Å²) in [6.07, 6.45) is 0.841. The predicted octanol–water partition coefficient (Wildman–Crippen LogP) is 1.27. The van der Waals surface area contributed by atoms with Crippen molar-refractivity contribution in [1.29, 1.82) is 0 Å². The lowest BCUT2D eigenvalue weighted by Crippen LogP contribution is -2.42. The lowest BCUT2D eigenvalue weighted by atomic mass is 9.94. The van der Waals surface area contributed by atoms with Gasteiger partial charge in [-0.25, -0.2) is 0 Å². The summed E-state index contributed by atoms with van der Waals surface area (Å²) in [5.41, 5.74) is 2.70. The van der Waals surface area contributed by atoms with Gasteiger partial charge in [0.2, 0.25) is 0 Å². The first-order valence-corrected chi connectivity index (χ1v) is 6.36. The SMILES string of the molecule is CNCC(O)CN1CC(C)Cc2ccccc21. The molecule has 2 atom stereocenters. The monoisotopic (exact) mass is 234 g/mol. The lowest BCUT2D eigenvalue weighted by Gasteiger charge is -2.36. The summed E-state index contributed by atoms with van der Waals surface area (Å²) in [6.45, 7) is 4.67. The van der Waals surface area contributed by atoms with E-state index in [1.54, 1.807) is 0 Å². The topological polar surface area (TPSA) is 35.5 Å². The van der Waals surface area contributed by atoms with E-state index in [0.29, 0.717) is 19.0 Å². The number of nitrogens with zero attached hydrogens (tertiary/aromatic N) is 1. The van der Waals surface area contributed by atoms with Crippen LogP contribution in [0.1, 0.15) is 12.5 Å². The minimum Gasteiger partial charge on any atom is -0.390 e. The molecule has 2 rings (SSSR count). The van der Waals surface area contributed by atoms with Gasteiger partial charge in [-0.05, 0) is 31.0 Å². The molecule has 0 radical (unpaired) electrons. The van der Waals surface area contributed by atoms with Gasteiger partial charge in [-0.1, -0.05) is 25.1 Å². The van der Waals surface area contributed by atoms with Gasteiger partial charge >= 0.3 is 0 Å². The normalized spacial score (nSPS) is 21.1. The Morgan fingerprint density at radius 1 is 1.47 bits per heavy atom. The molecule has 0 fully saturated rings. The summed E-state index contributed by atoms with van der Waals surface area (Å²) in [7, 11) is 1.87. The van der Waals surface area contributed by atoms with Crippen molar-refractivity contribution in [2.45, 2.75) is 19.4 Å². The smallest absolute Gasteiger partial charge is 0.0839 e. The van der Waals surface area contributed by atoms with E-state index in [1.807, 2.05) is 7.05 Å². The molecule has 94 valence electrons. The Kier molecular flexibility index (Phi) is 4.02. The van der Waals surface area contributed by atoms with Crippen molar-refractivity contribution in [2.75, 3.05) is 31.6 Å². The molecule has 3 nitrogen and oxygen atoms in total. The van der Waals surface area contributed by atoms with Crippen LogP contribution in [0.15, 0.2) is 24.3 Å². The number of anilines is 1. The number of benzene rings is 1. The van der Waals surface area contributed by atoms with Crippen molar-refractivity contribution in [2.24, 2.45) is 5.92 Å². The van der Waals surface area contributed by atoms with Gasteiger partial charge in [-0.3, -0.25) is 0 Å². The van der Waals surface area contributed by atoms with Gasteiger partial charge in [0.15, 0.2) is 0 Å². The molecule has 2 N–H and O–H groups in total.